The molecule has 1 aliphatic rings. The molecule has 1 aliphatic heterocycles. The van der Waals surface area contributed by atoms with Gasteiger partial charge in [0.15, 0.2) is 6.39 Å². The summed E-state index contributed by atoms with van der Waals surface area (Å²) < 4.78 is 45.9. The number of benzene rings is 1. The fourth-order valence-electron chi connectivity index (χ4n) is 3.01. The zero-order chi connectivity index (χ0) is 22.8. The van der Waals surface area contributed by atoms with Crippen LogP contribution in [0, 0.1) is 11.7 Å². The highest BCUT2D eigenvalue weighted by Crippen LogP contribution is 2.15. The second-order valence-electron chi connectivity index (χ2n) is 7.33. The molecule has 31 heavy (non-hydrogen) atoms. The predicted molar refractivity (Wildman–Crippen MR) is 104 cm³/mol. The number of rotatable bonds is 6. The van der Waals surface area contributed by atoms with Crippen molar-refractivity contribution in [3.05, 3.63) is 47.9 Å². The van der Waals surface area contributed by atoms with Crippen molar-refractivity contribution < 1.29 is 31.6 Å². The lowest BCUT2D eigenvalue weighted by Crippen LogP contribution is -2.56. The van der Waals surface area contributed by atoms with E-state index in [1.54, 1.807) is 13.8 Å². The average Bonchev–Trinajstić information content (AvgIpc) is 3.15. The third-order valence-corrected chi connectivity index (χ3v) is 6.20. The first-order valence-electron chi connectivity index (χ1n) is 9.40. The third-order valence-electron chi connectivity index (χ3n) is 4.74. The molecule has 0 bridgehead atoms. The van der Waals surface area contributed by atoms with Crippen molar-refractivity contribution in [3.63, 3.8) is 0 Å². The van der Waals surface area contributed by atoms with Crippen molar-refractivity contribution in [1.82, 2.24) is 20.3 Å². The van der Waals surface area contributed by atoms with E-state index in [0.29, 0.717) is 11.5 Å². The summed E-state index contributed by atoms with van der Waals surface area (Å²) in [6, 6.07) is 1.59. The van der Waals surface area contributed by atoms with E-state index >= 15 is 0 Å². The highest BCUT2D eigenvalue weighted by Gasteiger charge is 2.35. The van der Waals surface area contributed by atoms with Gasteiger partial charge in [0.05, 0.1) is 11.4 Å². The molecule has 0 saturated heterocycles. The van der Waals surface area contributed by atoms with Gasteiger partial charge in [-0.3, -0.25) is 14.4 Å². The molecule has 0 spiro atoms. The third kappa shape index (κ3) is 5.14. The van der Waals surface area contributed by atoms with Crippen LogP contribution in [0.15, 0.2) is 40.0 Å². The summed E-state index contributed by atoms with van der Waals surface area (Å²) in [4.78, 5) is 41.1. The Morgan fingerprint density at radius 2 is 1.94 bits per heavy atom. The molecule has 2 atom stereocenters. The molecule has 2 amide bonds. The largest absolute Gasteiger partial charge is 0.448 e. The molecule has 2 unspecified atom stereocenters. The number of aromatic nitrogens is 1. The van der Waals surface area contributed by atoms with Crippen LogP contribution < -0.4 is 15.4 Å². The van der Waals surface area contributed by atoms with Crippen LogP contribution in [-0.4, -0.2) is 43.1 Å². The zero-order valence-corrected chi connectivity index (χ0v) is 17.5. The van der Waals surface area contributed by atoms with E-state index < -0.39 is 51.4 Å². The van der Waals surface area contributed by atoms with E-state index in [9.17, 15) is 27.2 Å². The number of carbonyl (C=O) groups excluding carboxylic acids is 3. The first-order chi connectivity index (χ1) is 14.6. The summed E-state index contributed by atoms with van der Waals surface area (Å²) in [5.74, 6) is -3.37. The Hall–Kier alpha value is -3.12. The molecule has 0 aliphatic carbocycles. The number of ketones is 1. The van der Waals surface area contributed by atoms with Crippen LogP contribution in [0.25, 0.3) is 0 Å². The standard InChI is InChI=1S/C19H21FN4O6S/c1-10(2)16(24-31(28,29)12-5-3-11(20)4-6-12)18(26)23-13-7-15-14(22-9-30-15)8-21-19(27)17(13)25/h3-6,9-10,13,16,24H,7-8H2,1-2H3,(H,21,27)(H,23,26). The molecule has 166 valence electrons. The number of hydrogen-bond donors (Lipinski definition) is 3. The van der Waals surface area contributed by atoms with Gasteiger partial charge in [-0.1, -0.05) is 13.8 Å². The van der Waals surface area contributed by atoms with Gasteiger partial charge in [0.1, 0.15) is 29.4 Å². The van der Waals surface area contributed by atoms with E-state index in [2.05, 4.69) is 20.3 Å². The SMILES string of the molecule is CC(C)C(NS(=O)(=O)c1ccc(F)cc1)C(=O)NC1Cc2ocnc2CNC(=O)C1=O. The topological polar surface area (TPSA) is 147 Å². The van der Waals surface area contributed by atoms with E-state index in [1.165, 1.54) is 6.39 Å². The van der Waals surface area contributed by atoms with Crippen molar-refractivity contribution in [2.45, 2.75) is 43.8 Å². The summed E-state index contributed by atoms with van der Waals surface area (Å²) >= 11 is 0. The Labute approximate surface area is 177 Å². The summed E-state index contributed by atoms with van der Waals surface area (Å²) in [6.45, 7) is 3.24. The van der Waals surface area contributed by atoms with Gasteiger partial charge in [-0.2, -0.15) is 4.72 Å². The van der Waals surface area contributed by atoms with Crippen LogP contribution in [0.3, 0.4) is 0 Å². The van der Waals surface area contributed by atoms with Crippen LogP contribution in [0.5, 0.6) is 0 Å². The van der Waals surface area contributed by atoms with Gasteiger partial charge in [0.2, 0.25) is 21.7 Å². The fourth-order valence-corrected chi connectivity index (χ4v) is 4.35. The van der Waals surface area contributed by atoms with Gasteiger partial charge >= 0.3 is 0 Å². The highest BCUT2D eigenvalue weighted by molar-refractivity contribution is 7.89. The minimum absolute atomic E-state index is 0.0170. The highest BCUT2D eigenvalue weighted by atomic mass is 32.2. The van der Waals surface area contributed by atoms with Crippen LogP contribution in [0.2, 0.25) is 0 Å². The van der Waals surface area contributed by atoms with Crippen molar-refractivity contribution in [3.8, 4) is 0 Å². The van der Waals surface area contributed by atoms with Gasteiger partial charge in [-0.15, -0.1) is 0 Å². The molecular formula is C19H21FN4O6S. The Morgan fingerprint density at radius 1 is 1.26 bits per heavy atom. The molecule has 3 rings (SSSR count). The maximum atomic E-state index is 13.1. The van der Waals surface area contributed by atoms with E-state index in [1.807, 2.05) is 0 Å². The Bertz CT molecular complexity index is 1100. The molecule has 10 nitrogen and oxygen atoms in total. The molecule has 0 radical (unpaired) electrons. The van der Waals surface area contributed by atoms with Gasteiger partial charge in [0, 0.05) is 6.42 Å². The van der Waals surface area contributed by atoms with Gasteiger partial charge in [-0.05, 0) is 30.2 Å². The number of sulfonamides is 1. The molecule has 1 aromatic carbocycles. The number of amides is 2. The molecule has 2 aromatic rings. The van der Waals surface area contributed by atoms with Crippen LogP contribution in [0.1, 0.15) is 25.3 Å². The lowest BCUT2D eigenvalue weighted by molar-refractivity contribution is -0.140. The van der Waals surface area contributed by atoms with Crippen molar-refractivity contribution >= 4 is 27.6 Å². The second kappa shape index (κ2) is 8.94. The molecule has 1 aromatic heterocycles. The van der Waals surface area contributed by atoms with Gasteiger partial charge in [0.25, 0.3) is 5.91 Å². The van der Waals surface area contributed by atoms with Gasteiger partial charge in [-0.25, -0.2) is 17.8 Å². The predicted octanol–water partition coefficient (Wildman–Crippen LogP) is 0.0430. The summed E-state index contributed by atoms with van der Waals surface area (Å²) in [5, 5.41) is 4.83. The molecule has 0 saturated carbocycles. The van der Waals surface area contributed by atoms with Crippen molar-refractivity contribution in [2.24, 2.45) is 5.92 Å². The Balaban J connectivity index is 1.80. The fraction of sp³-hybridized carbons (Fsp3) is 0.368. The van der Waals surface area contributed by atoms with Crippen molar-refractivity contribution in [2.75, 3.05) is 0 Å². The van der Waals surface area contributed by atoms with Crippen molar-refractivity contribution in [1.29, 1.82) is 0 Å². The number of hydrogen-bond acceptors (Lipinski definition) is 7. The first-order valence-corrected chi connectivity index (χ1v) is 10.9. The number of carbonyl (C=O) groups is 3. The number of Topliss-reactive ketones (excluding diaryl/α,β-unsaturated/α-hetero) is 1. The van der Waals surface area contributed by atoms with E-state index in [-0.39, 0.29) is 17.9 Å². The maximum absolute atomic E-state index is 13.1. The lowest BCUT2D eigenvalue weighted by Gasteiger charge is -2.25. The van der Waals surface area contributed by atoms with Gasteiger partial charge < -0.3 is 15.1 Å². The van der Waals surface area contributed by atoms with Crippen LogP contribution in [0.4, 0.5) is 4.39 Å². The van der Waals surface area contributed by atoms with E-state index in [0.717, 1.165) is 24.3 Å². The number of halogens is 1. The smallest absolute Gasteiger partial charge is 0.289 e. The molecular weight excluding hydrogens is 431 g/mol. The van der Waals surface area contributed by atoms with Crippen LogP contribution >= 0.6 is 0 Å². The van der Waals surface area contributed by atoms with E-state index in [4.69, 9.17) is 4.42 Å². The Kier molecular flexibility index (Phi) is 6.51. The summed E-state index contributed by atoms with van der Waals surface area (Å²) in [7, 11) is -4.15. The summed E-state index contributed by atoms with van der Waals surface area (Å²) in [5.41, 5.74) is 0.428. The molecule has 3 N–H and O–H groups in total. The monoisotopic (exact) mass is 452 g/mol. The minimum atomic E-state index is -4.15. The number of fused-ring (bicyclic) bond motifs is 1. The molecule has 0 fully saturated rings. The normalized spacial score (nSPS) is 18.0. The summed E-state index contributed by atoms with van der Waals surface area (Å²) in [6.07, 6.45) is 1.06. The number of nitrogens with one attached hydrogen (secondary N) is 3. The Morgan fingerprint density at radius 3 is 2.58 bits per heavy atom. The second-order valence-corrected chi connectivity index (χ2v) is 9.05. The molecule has 12 heteroatoms. The number of oxazole rings is 1. The molecule has 2 heterocycles. The minimum Gasteiger partial charge on any atom is -0.448 e. The quantitative estimate of drug-likeness (QED) is 0.524. The maximum Gasteiger partial charge on any atom is 0.289 e. The number of nitrogens with zero attached hydrogens (tertiary/aromatic N) is 1. The lowest BCUT2D eigenvalue weighted by atomic mass is 10.0. The zero-order valence-electron chi connectivity index (χ0n) is 16.7. The first kappa shape index (κ1) is 22.6. The average molecular weight is 452 g/mol. The van der Waals surface area contributed by atoms with Crippen LogP contribution in [-0.2, 0) is 37.4 Å².